The number of hydrogen-bond donors (Lipinski definition) is 1. The maximum absolute atomic E-state index is 12.5. The Morgan fingerprint density at radius 3 is 2.53 bits per heavy atom. The van der Waals surface area contributed by atoms with E-state index in [2.05, 4.69) is 21.2 Å². The summed E-state index contributed by atoms with van der Waals surface area (Å²) in [5.74, 6) is 2.20. The molecule has 1 unspecified atom stereocenters. The fraction of sp³-hybridized carbons (Fsp3) is 0.435. The average Bonchev–Trinajstić information content (AvgIpc) is 3.15. The van der Waals surface area contributed by atoms with Crippen molar-refractivity contribution in [2.45, 2.75) is 45.3 Å². The van der Waals surface area contributed by atoms with E-state index in [4.69, 9.17) is 14.2 Å². The van der Waals surface area contributed by atoms with Gasteiger partial charge in [-0.15, -0.1) is 0 Å². The fourth-order valence-corrected chi connectivity index (χ4v) is 3.67. The molecule has 0 spiro atoms. The highest BCUT2D eigenvalue weighted by atomic mass is 79.9. The Morgan fingerprint density at radius 2 is 1.87 bits per heavy atom. The third kappa shape index (κ3) is 6.05. The summed E-state index contributed by atoms with van der Waals surface area (Å²) in [4.78, 5) is 14.3. The summed E-state index contributed by atoms with van der Waals surface area (Å²) in [6.07, 6.45) is 1.66. The first-order valence-corrected chi connectivity index (χ1v) is 10.9. The molecule has 7 heteroatoms. The second kappa shape index (κ2) is 9.60. The van der Waals surface area contributed by atoms with E-state index in [1.807, 2.05) is 68.1 Å². The lowest BCUT2D eigenvalue weighted by Crippen LogP contribution is -2.42. The zero-order chi connectivity index (χ0) is 21.7. The van der Waals surface area contributed by atoms with Crippen molar-refractivity contribution in [3.63, 3.8) is 0 Å². The molecule has 1 amide bonds. The molecule has 1 N–H and O–H groups in total. The number of amides is 1. The number of anilines is 1. The van der Waals surface area contributed by atoms with Crippen LogP contribution >= 0.6 is 15.9 Å². The molecule has 30 heavy (non-hydrogen) atoms. The summed E-state index contributed by atoms with van der Waals surface area (Å²) in [6.45, 7) is 7.01. The molecule has 1 saturated heterocycles. The van der Waals surface area contributed by atoms with Crippen molar-refractivity contribution >= 4 is 27.7 Å². The van der Waals surface area contributed by atoms with Crippen LogP contribution in [0, 0.1) is 0 Å². The number of carbonyl (C=O) groups is 1. The molecule has 1 fully saturated rings. The number of nitrogens with one attached hydrogen (secondary N) is 1. The summed E-state index contributed by atoms with van der Waals surface area (Å²) in [5.41, 5.74) is 0.369. The molecule has 0 bridgehead atoms. The number of methoxy groups -OCH3 is 1. The van der Waals surface area contributed by atoms with E-state index >= 15 is 0 Å². The Labute approximate surface area is 186 Å². The van der Waals surface area contributed by atoms with Crippen LogP contribution in [-0.4, -0.2) is 42.8 Å². The third-order valence-corrected chi connectivity index (χ3v) is 5.26. The Kier molecular flexibility index (Phi) is 7.13. The molecule has 1 aliphatic rings. The molecular formula is C23H29BrN2O4. The highest BCUT2D eigenvalue weighted by Crippen LogP contribution is 2.33. The van der Waals surface area contributed by atoms with Crippen molar-refractivity contribution in [3.05, 3.63) is 46.9 Å². The predicted octanol–water partition coefficient (Wildman–Crippen LogP) is 6.06. The van der Waals surface area contributed by atoms with Gasteiger partial charge in [0.05, 0.1) is 18.8 Å². The van der Waals surface area contributed by atoms with E-state index in [9.17, 15) is 4.79 Å². The lowest BCUT2D eigenvalue weighted by Gasteiger charge is -2.29. The van der Waals surface area contributed by atoms with Gasteiger partial charge >= 0.3 is 6.09 Å². The maximum Gasteiger partial charge on any atom is 0.410 e. The van der Waals surface area contributed by atoms with Gasteiger partial charge in [-0.3, -0.25) is 0 Å². The molecule has 162 valence electrons. The van der Waals surface area contributed by atoms with Gasteiger partial charge in [0.2, 0.25) is 0 Å². The number of likely N-dealkylation sites (tertiary alicyclic amines) is 1. The zero-order valence-electron chi connectivity index (χ0n) is 17.9. The summed E-state index contributed by atoms with van der Waals surface area (Å²) in [6, 6.07) is 13.4. The van der Waals surface area contributed by atoms with Crippen LogP contribution in [0.25, 0.3) is 0 Å². The van der Waals surface area contributed by atoms with Crippen LogP contribution in [0.2, 0.25) is 0 Å². The predicted molar refractivity (Wildman–Crippen MR) is 122 cm³/mol. The Morgan fingerprint density at radius 1 is 1.17 bits per heavy atom. The van der Waals surface area contributed by atoms with Crippen LogP contribution < -0.4 is 14.8 Å². The summed E-state index contributed by atoms with van der Waals surface area (Å²) in [5, 5.41) is 3.45. The van der Waals surface area contributed by atoms with Gasteiger partial charge in [0.25, 0.3) is 0 Å². The monoisotopic (exact) mass is 476 g/mol. The van der Waals surface area contributed by atoms with Gasteiger partial charge in [0.1, 0.15) is 17.1 Å². The Balaban J connectivity index is 1.68. The molecule has 0 aliphatic carbocycles. The minimum atomic E-state index is -0.497. The van der Waals surface area contributed by atoms with Crippen LogP contribution in [0.4, 0.5) is 10.5 Å². The number of benzene rings is 2. The van der Waals surface area contributed by atoms with E-state index in [-0.39, 0.29) is 12.1 Å². The SMILES string of the molecule is COc1ccc(Oc2cc(Br)ccc2NCC2CCCN2C(=O)OC(C)(C)C)cc1. The number of carbonyl (C=O) groups excluding carboxylic acids is 1. The van der Waals surface area contributed by atoms with Crippen molar-refractivity contribution < 1.29 is 19.0 Å². The molecule has 0 radical (unpaired) electrons. The standard InChI is InChI=1S/C23H29BrN2O4/c1-23(2,3)30-22(27)26-13-5-6-17(26)15-25-20-12-7-16(24)14-21(20)29-19-10-8-18(28-4)9-11-19/h7-12,14,17,25H,5-6,13,15H2,1-4H3. The number of nitrogens with zero attached hydrogens (tertiary/aromatic N) is 1. The van der Waals surface area contributed by atoms with Gasteiger partial charge in [-0.1, -0.05) is 15.9 Å². The van der Waals surface area contributed by atoms with Crippen LogP contribution in [0.5, 0.6) is 17.2 Å². The quantitative estimate of drug-likeness (QED) is 0.548. The van der Waals surface area contributed by atoms with Crippen molar-refractivity contribution in [3.8, 4) is 17.2 Å². The normalized spacial score (nSPS) is 16.3. The summed E-state index contributed by atoms with van der Waals surface area (Å²) < 4.78 is 17.8. The van der Waals surface area contributed by atoms with Crippen LogP contribution in [0.1, 0.15) is 33.6 Å². The van der Waals surface area contributed by atoms with Gasteiger partial charge in [-0.05, 0) is 76.1 Å². The molecule has 0 aromatic heterocycles. The summed E-state index contributed by atoms with van der Waals surface area (Å²) >= 11 is 3.51. The van der Waals surface area contributed by atoms with Crippen molar-refractivity contribution in [1.29, 1.82) is 0 Å². The molecular weight excluding hydrogens is 448 g/mol. The maximum atomic E-state index is 12.5. The second-order valence-electron chi connectivity index (χ2n) is 8.27. The van der Waals surface area contributed by atoms with Gasteiger partial charge in [0, 0.05) is 17.6 Å². The molecule has 6 nitrogen and oxygen atoms in total. The van der Waals surface area contributed by atoms with Gasteiger partial charge in [-0.2, -0.15) is 0 Å². The highest BCUT2D eigenvalue weighted by Gasteiger charge is 2.32. The van der Waals surface area contributed by atoms with Crippen molar-refractivity contribution in [1.82, 2.24) is 4.90 Å². The Bertz CT molecular complexity index is 864. The van der Waals surface area contributed by atoms with Crippen LogP contribution in [0.3, 0.4) is 0 Å². The average molecular weight is 477 g/mol. The minimum Gasteiger partial charge on any atom is -0.497 e. The van der Waals surface area contributed by atoms with Crippen LogP contribution in [-0.2, 0) is 4.74 Å². The highest BCUT2D eigenvalue weighted by molar-refractivity contribution is 9.10. The number of hydrogen-bond acceptors (Lipinski definition) is 5. The van der Waals surface area contributed by atoms with Gasteiger partial charge in [-0.25, -0.2) is 4.79 Å². The molecule has 2 aromatic rings. The number of ether oxygens (including phenoxy) is 3. The lowest BCUT2D eigenvalue weighted by atomic mass is 10.2. The molecule has 2 aromatic carbocycles. The first kappa shape index (κ1) is 22.3. The second-order valence-corrected chi connectivity index (χ2v) is 9.18. The smallest absolute Gasteiger partial charge is 0.410 e. The zero-order valence-corrected chi connectivity index (χ0v) is 19.5. The fourth-order valence-electron chi connectivity index (χ4n) is 3.33. The number of rotatable bonds is 6. The molecule has 3 rings (SSSR count). The molecule has 1 heterocycles. The third-order valence-electron chi connectivity index (χ3n) is 4.76. The first-order chi connectivity index (χ1) is 14.2. The van der Waals surface area contributed by atoms with Crippen molar-refractivity contribution in [2.75, 3.05) is 25.5 Å². The molecule has 0 saturated carbocycles. The van der Waals surface area contributed by atoms with E-state index < -0.39 is 5.60 Å². The van der Waals surface area contributed by atoms with E-state index in [1.54, 1.807) is 7.11 Å². The van der Waals surface area contributed by atoms with Gasteiger partial charge < -0.3 is 24.4 Å². The van der Waals surface area contributed by atoms with Crippen LogP contribution in [0.15, 0.2) is 46.9 Å². The first-order valence-electron chi connectivity index (χ1n) is 10.1. The largest absolute Gasteiger partial charge is 0.497 e. The van der Waals surface area contributed by atoms with E-state index in [0.717, 1.165) is 35.3 Å². The Hall–Kier alpha value is -2.41. The molecule has 1 aliphatic heterocycles. The van der Waals surface area contributed by atoms with Gasteiger partial charge in [0.15, 0.2) is 5.75 Å². The molecule has 1 atom stereocenters. The topological polar surface area (TPSA) is 60.0 Å². The van der Waals surface area contributed by atoms with E-state index in [1.165, 1.54) is 0 Å². The van der Waals surface area contributed by atoms with Crippen molar-refractivity contribution in [2.24, 2.45) is 0 Å². The summed E-state index contributed by atoms with van der Waals surface area (Å²) in [7, 11) is 1.63. The van der Waals surface area contributed by atoms with E-state index in [0.29, 0.717) is 18.0 Å². The minimum absolute atomic E-state index is 0.0809. The number of halogens is 1. The lowest BCUT2D eigenvalue weighted by molar-refractivity contribution is 0.0235.